The van der Waals surface area contributed by atoms with Crippen LogP contribution in [0.3, 0.4) is 0 Å². The summed E-state index contributed by atoms with van der Waals surface area (Å²) in [6.07, 6.45) is 0.0699. The van der Waals surface area contributed by atoms with Crippen LogP contribution in [0.25, 0.3) is 11.0 Å². The van der Waals surface area contributed by atoms with Gasteiger partial charge in [-0.25, -0.2) is 4.98 Å². The minimum Gasteiger partial charge on any atom is -0.481 e. The van der Waals surface area contributed by atoms with Gasteiger partial charge in [-0.3, -0.25) is 4.79 Å². The van der Waals surface area contributed by atoms with Gasteiger partial charge in [0, 0.05) is 19.5 Å². The Balaban J connectivity index is 2.32. The molecule has 0 spiro atoms. The summed E-state index contributed by atoms with van der Waals surface area (Å²) in [5.74, 6) is 0.0109. The zero-order valence-corrected chi connectivity index (χ0v) is 11.4. The van der Waals surface area contributed by atoms with E-state index in [0.717, 1.165) is 22.4 Å². The molecule has 1 heterocycles. The molecule has 5 nitrogen and oxygen atoms in total. The van der Waals surface area contributed by atoms with E-state index in [2.05, 4.69) is 4.98 Å². The highest BCUT2D eigenvalue weighted by atomic mass is 16.4. The van der Waals surface area contributed by atoms with Crippen LogP contribution in [-0.2, 0) is 11.8 Å². The molecule has 0 aliphatic carbocycles. The second-order valence-electron chi connectivity index (χ2n) is 5.07. The highest BCUT2D eigenvalue weighted by molar-refractivity contribution is 5.77. The molecule has 0 saturated heterocycles. The van der Waals surface area contributed by atoms with Gasteiger partial charge in [0.05, 0.1) is 11.0 Å². The van der Waals surface area contributed by atoms with Crippen molar-refractivity contribution >= 4 is 17.0 Å². The van der Waals surface area contributed by atoms with Crippen molar-refractivity contribution in [3.63, 3.8) is 0 Å². The third-order valence-electron chi connectivity index (χ3n) is 3.62. The van der Waals surface area contributed by atoms with Crippen molar-refractivity contribution in [3.05, 3.63) is 29.6 Å². The van der Waals surface area contributed by atoms with E-state index in [1.54, 1.807) is 0 Å². The van der Waals surface area contributed by atoms with Gasteiger partial charge >= 0.3 is 5.97 Å². The summed E-state index contributed by atoms with van der Waals surface area (Å²) in [7, 11) is 1.97. The van der Waals surface area contributed by atoms with Crippen LogP contribution in [0.2, 0.25) is 0 Å². The number of aliphatic carboxylic acids is 1. The third kappa shape index (κ3) is 2.61. The lowest BCUT2D eigenvalue weighted by Crippen LogP contribution is -2.21. The molecule has 0 bridgehead atoms. The predicted octanol–water partition coefficient (Wildman–Crippen LogP) is 1.99. The van der Waals surface area contributed by atoms with Gasteiger partial charge in [0.2, 0.25) is 0 Å². The standard InChI is InChI=1S/C14H19N3O2/c1-8(6-13(18)19)14(15)10-4-5-12-11(7-10)16-9(2)17(12)3/h4-5,7-8,14H,6,15H2,1-3H3,(H,18,19). The fraction of sp³-hybridized carbons (Fsp3) is 0.429. The van der Waals surface area contributed by atoms with Crippen molar-refractivity contribution in [3.8, 4) is 0 Å². The molecule has 3 N–H and O–H groups in total. The molecule has 5 heteroatoms. The van der Waals surface area contributed by atoms with Gasteiger partial charge in [-0.1, -0.05) is 13.0 Å². The summed E-state index contributed by atoms with van der Waals surface area (Å²) in [4.78, 5) is 15.2. The quantitative estimate of drug-likeness (QED) is 0.882. The Morgan fingerprint density at radius 3 is 2.84 bits per heavy atom. The number of hydrogen-bond acceptors (Lipinski definition) is 3. The van der Waals surface area contributed by atoms with Crippen molar-refractivity contribution in [2.24, 2.45) is 18.7 Å². The largest absolute Gasteiger partial charge is 0.481 e. The SMILES string of the molecule is Cc1nc2cc(C(N)C(C)CC(=O)O)ccc2n1C. The molecule has 0 fully saturated rings. The van der Waals surface area contributed by atoms with Crippen LogP contribution < -0.4 is 5.73 Å². The summed E-state index contributed by atoms with van der Waals surface area (Å²) in [6, 6.07) is 5.60. The maximum absolute atomic E-state index is 10.7. The molecule has 0 amide bonds. The maximum Gasteiger partial charge on any atom is 0.303 e. The molecule has 0 aliphatic heterocycles. The van der Waals surface area contributed by atoms with E-state index in [4.69, 9.17) is 10.8 Å². The van der Waals surface area contributed by atoms with Crippen molar-refractivity contribution in [2.45, 2.75) is 26.3 Å². The lowest BCUT2D eigenvalue weighted by Gasteiger charge is -2.18. The number of hydrogen-bond donors (Lipinski definition) is 2. The van der Waals surface area contributed by atoms with Crippen molar-refractivity contribution in [1.82, 2.24) is 9.55 Å². The fourth-order valence-corrected chi connectivity index (χ4v) is 2.28. The molecule has 2 aromatic rings. The summed E-state index contributed by atoms with van der Waals surface area (Å²) in [6.45, 7) is 3.80. The number of nitrogens with zero attached hydrogens (tertiary/aromatic N) is 2. The van der Waals surface area contributed by atoms with Gasteiger partial charge in [-0.05, 0) is 30.5 Å². The van der Waals surface area contributed by atoms with E-state index in [1.807, 2.05) is 43.7 Å². The Labute approximate surface area is 112 Å². The second kappa shape index (κ2) is 5.01. The van der Waals surface area contributed by atoms with E-state index in [9.17, 15) is 4.79 Å². The normalized spacial score (nSPS) is 14.5. The molecule has 2 rings (SSSR count). The number of aromatic nitrogens is 2. The molecular weight excluding hydrogens is 242 g/mol. The topological polar surface area (TPSA) is 81.1 Å². The first-order valence-corrected chi connectivity index (χ1v) is 6.30. The Bertz CT molecular complexity index is 618. The van der Waals surface area contributed by atoms with Gasteiger partial charge in [-0.15, -0.1) is 0 Å². The molecule has 2 unspecified atom stereocenters. The van der Waals surface area contributed by atoms with Gasteiger partial charge in [0.15, 0.2) is 0 Å². The van der Waals surface area contributed by atoms with E-state index in [1.165, 1.54) is 0 Å². The number of fused-ring (bicyclic) bond motifs is 1. The molecule has 0 saturated carbocycles. The summed E-state index contributed by atoms with van der Waals surface area (Å²) in [5, 5.41) is 8.82. The lowest BCUT2D eigenvalue weighted by atomic mass is 9.92. The third-order valence-corrected chi connectivity index (χ3v) is 3.62. The van der Waals surface area contributed by atoms with Gasteiger partial charge in [0.1, 0.15) is 5.82 Å². The highest BCUT2D eigenvalue weighted by Gasteiger charge is 2.18. The highest BCUT2D eigenvalue weighted by Crippen LogP contribution is 2.25. The number of carbonyl (C=O) groups is 1. The summed E-state index contributed by atoms with van der Waals surface area (Å²) < 4.78 is 2.02. The average molecular weight is 261 g/mol. The summed E-state index contributed by atoms with van der Waals surface area (Å²) in [5.41, 5.74) is 9.01. The van der Waals surface area contributed by atoms with E-state index in [0.29, 0.717) is 0 Å². The lowest BCUT2D eigenvalue weighted by molar-refractivity contribution is -0.138. The second-order valence-corrected chi connectivity index (χ2v) is 5.07. The molecule has 2 atom stereocenters. The van der Waals surface area contributed by atoms with Gasteiger partial charge < -0.3 is 15.4 Å². The smallest absolute Gasteiger partial charge is 0.303 e. The Morgan fingerprint density at radius 1 is 1.53 bits per heavy atom. The first-order valence-electron chi connectivity index (χ1n) is 6.30. The molecule has 102 valence electrons. The monoisotopic (exact) mass is 261 g/mol. The minimum absolute atomic E-state index is 0.0699. The molecule has 1 aromatic carbocycles. The number of benzene rings is 1. The average Bonchev–Trinajstić information content (AvgIpc) is 2.63. The van der Waals surface area contributed by atoms with Crippen molar-refractivity contribution in [1.29, 1.82) is 0 Å². The molecule has 1 aromatic heterocycles. The molecule has 0 aliphatic rings. The van der Waals surface area contributed by atoms with E-state index < -0.39 is 5.97 Å². The number of rotatable bonds is 4. The van der Waals surface area contributed by atoms with Crippen molar-refractivity contribution < 1.29 is 9.90 Å². The van der Waals surface area contributed by atoms with Gasteiger partial charge in [0.25, 0.3) is 0 Å². The Kier molecular flexibility index (Phi) is 3.57. The van der Waals surface area contributed by atoms with E-state index in [-0.39, 0.29) is 18.4 Å². The van der Waals surface area contributed by atoms with E-state index >= 15 is 0 Å². The van der Waals surface area contributed by atoms with Crippen LogP contribution in [0.5, 0.6) is 0 Å². The molecule has 19 heavy (non-hydrogen) atoms. The number of aryl methyl sites for hydroxylation is 2. The first kappa shape index (κ1) is 13.5. The number of carboxylic acids is 1. The minimum atomic E-state index is -0.822. The van der Waals surface area contributed by atoms with Crippen molar-refractivity contribution in [2.75, 3.05) is 0 Å². The molecule has 0 radical (unpaired) electrons. The van der Waals surface area contributed by atoms with Crippen LogP contribution >= 0.6 is 0 Å². The van der Waals surface area contributed by atoms with Crippen LogP contribution in [0.4, 0.5) is 0 Å². The maximum atomic E-state index is 10.7. The number of nitrogens with two attached hydrogens (primary N) is 1. The van der Waals surface area contributed by atoms with Crippen LogP contribution in [0.15, 0.2) is 18.2 Å². The first-order chi connectivity index (χ1) is 8.90. The number of carboxylic acid groups (broad SMARTS) is 1. The van der Waals surface area contributed by atoms with Crippen LogP contribution in [0.1, 0.15) is 30.8 Å². The van der Waals surface area contributed by atoms with Crippen LogP contribution in [0, 0.1) is 12.8 Å². The predicted molar refractivity (Wildman–Crippen MR) is 73.8 cm³/mol. The fourth-order valence-electron chi connectivity index (χ4n) is 2.28. The Morgan fingerprint density at radius 2 is 2.21 bits per heavy atom. The zero-order chi connectivity index (χ0) is 14.2. The Hall–Kier alpha value is -1.88. The van der Waals surface area contributed by atoms with Crippen LogP contribution in [-0.4, -0.2) is 20.6 Å². The summed E-state index contributed by atoms with van der Waals surface area (Å²) >= 11 is 0. The number of imidazole rings is 1. The van der Waals surface area contributed by atoms with Gasteiger partial charge in [-0.2, -0.15) is 0 Å². The molecular formula is C14H19N3O2. The zero-order valence-electron chi connectivity index (χ0n) is 11.4.